The first-order valence-electron chi connectivity index (χ1n) is 6.39. The topological polar surface area (TPSA) is 57.6 Å². The van der Waals surface area contributed by atoms with E-state index in [0.717, 1.165) is 12.8 Å². The van der Waals surface area contributed by atoms with Gasteiger partial charge < -0.3 is 10.0 Å². The molecular formula is C13H23NO3. The Kier molecular flexibility index (Phi) is 4.17. The second-order valence-electron chi connectivity index (χ2n) is 5.35. The van der Waals surface area contributed by atoms with Crippen LogP contribution < -0.4 is 0 Å². The largest absolute Gasteiger partial charge is 0.480 e. The van der Waals surface area contributed by atoms with Gasteiger partial charge in [0.15, 0.2) is 0 Å². The van der Waals surface area contributed by atoms with Crippen molar-refractivity contribution in [2.24, 2.45) is 11.8 Å². The molecule has 0 spiro atoms. The molecule has 0 aromatic heterocycles. The summed E-state index contributed by atoms with van der Waals surface area (Å²) >= 11 is 0. The van der Waals surface area contributed by atoms with Crippen molar-refractivity contribution in [3.8, 4) is 0 Å². The zero-order valence-electron chi connectivity index (χ0n) is 11.2. The van der Waals surface area contributed by atoms with Crippen LogP contribution in [0.25, 0.3) is 0 Å². The lowest BCUT2D eigenvalue weighted by molar-refractivity contribution is -0.157. The predicted molar refractivity (Wildman–Crippen MR) is 65.6 cm³/mol. The summed E-state index contributed by atoms with van der Waals surface area (Å²) in [5.74, 6) is -0.709. The minimum atomic E-state index is -1.00. The molecule has 0 bridgehead atoms. The Labute approximate surface area is 103 Å². The number of likely N-dealkylation sites (tertiary alicyclic amines) is 1. The third-order valence-electron chi connectivity index (χ3n) is 4.25. The number of rotatable bonds is 4. The Bertz CT molecular complexity index is 316. The number of amides is 1. The predicted octanol–water partition coefficient (Wildman–Crippen LogP) is 2.13. The summed E-state index contributed by atoms with van der Waals surface area (Å²) in [6, 6.07) is 0. The molecule has 98 valence electrons. The van der Waals surface area contributed by atoms with Crippen molar-refractivity contribution in [1.29, 1.82) is 0 Å². The van der Waals surface area contributed by atoms with Crippen LogP contribution in [0.2, 0.25) is 0 Å². The van der Waals surface area contributed by atoms with Crippen molar-refractivity contribution in [2.45, 2.75) is 52.5 Å². The van der Waals surface area contributed by atoms with Gasteiger partial charge in [-0.05, 0) is 25.7 Å². The molecule has 1 amide bonds. The first-order chi connectivity index (χ1) is 7.84. The van der Waals surface area contributed by atoms with E-state index >= 15 is 0 Å². The maximum Gasteiger partial charge on any atom is 0.329 e. The maximum atomic E-state index is 12.3. The van der Waals surface area contributed by atoms with Crippen LogP contribution in [0.4, 0.5) is 0 Å². The molecule has 1 heterocycles. The SMILES string of the molecule is CCC(C)C(C)C(=O)N1CCCC1(C)C(=O)O. The molecule has 0 aromatic carbocycles. The normalized spacial score (nSPS) is 27.9. The lowest BCUT2D eigenvalue weighted by atomic mass is 9.90. The molecule has 1 rings (SSSR count). The van der Waals surface area contributed by atoms with Crippen LogP contribution in [0, 0.1) is 11.8 Å². The Morgan fingerprint density at radius 3 is 2.47 bits per heavy atom. The highest BCUT2D eigenvalue weighted by molar-refractivity contribution is 5.88. The number of carbonyl (C=O) groups excluding carboxylic acids is 1. The van der Waals surface area contributed by atoms with E-state index in [9.17, 15) is 14.7 Å². The fourth-order valence-electron chi connectivity index (χ4n) is 2.38. The number of carbonyl (C=O) groups is 2. The molecule has 1 fully saturated rings. The Morgan fingerprint density at radius 1 is 1.41 bits per heavy atom. The van der Waals surface area contributed by atoms with Crippen molar-refractivity contribution >= 4 is 11.9 Å². The first kappa shape index (κ1) is 14.0. The Balaban J connectivity index is 2.85. The van der Waals surface area contributed by atoms with Gasteiger partial charge in [0, 0.05) is 12.5 Å². The van der Waals surface area contributed by atoms with Crippen LogP contribution in [0.15, 0.2) is 0 Å². The Hall–Kier alpha value is -1.06. The molecule has 1 saturated heterocycles. The van der Waals surface area contributed by atoms with Gasteiger partial charge in [-0.3, -0.25) is 4.79 Å². The van der Waals surface area contributed by atoms with Crippen molar-refractivity contribution in [2.75, 3.05) is 6.54 Å². The minimum absolute atomic E-state index is 0.0123. The number of carboxylic acids is 1. The summed E-state index contributed by atoms with van der Waals surface area (Å²) in [6.45, 7) is 8.22. The standard InChI is InChI=1S/C13H23NO3/c1-5-9(2)10(3)11(15)14-8-6-7-13(14,4)12(16)17/h9-10H,5-8H2,1-4H3,(H,16,17). The van der Waals surface area contributed by atoms with Gasteiger partial charge >= 0.3 is 5.97 Å². The summed E-state index contributed by atoms with van der Waals surface area (Å²) in [5.41, 5.74) is -1.00. The zero-order chi connectivity index (χ0) is 13.2. The molecule has 0 aliphatic carbocycles. The lowest BCUT2D eigenvalue weighted by Crippen LogP contribution is -2.52. The highest BCUT2D eigenvalue weighted by Gasteiger charge is 2.47. The highest BCUT2D eigenvalue weighted by atomic mass is 16.4. The molecule has 4 heteroatoms. The highest BCUT2D eigenvalue weighted by Crippen LogP contribution is 2.32. The van der Waals surface area contributed by atoms with Gasteiger partial charge in [0.2, 0.25) is 5.91 Å². The molecular weight excluding hydrogens is 218 g/mol. The van der Waals surface area contributed by atoms with E-state index in [1.165, 1.54) is 0 Å². The van der Waals surface area contributed by atoms with E-state index < -0.39 is 11.5 Å². The summed E-state index contributed by atoms with van der Waals surface area (Å²) in [4.78, 5) is 25.2. The van der Waals surface area contributed by atoms with E-state index in [4.69, 9.17) is 0 Å². The van der Waals surface area contributed by atoms with Gasteiger partial charge in [-0.25, -0.2) is 4.79 Å². The molecule has 1 N–H and O–H groups in total. The fraction of sp³-hybridized carbons (Fsp3) is 0.846. The smallest absolute Gasteiger partial charge is 0.329 e. The molecule has 0 aromatic rings. The summed E-state index contributed by atoms with van der Waals surface area (Å²) in [5, 5.41) is 9.28. The average Bonchev–Trinajstić information content (AvgIpc) is 2.69. The molecule has 0 radical (unpaired) electrons. The van der Waals surface area contributed by atoms with E-state index in [-0.39, 0.29) is 11.8 Å². The zero-order valence-corrected chi connectivity index (χ0v) is 11.2. The summed E-state index contributed by atoms with van der Waals surface area (Å²) < 4.78 is 0. The molecule has 1 aliphatic heterocycles. The number of aliphatic carboxylic acids is 1. The van der Waals surface area contributed by atoms with Gasteiger partial charge in [0.05, 0.1) is 0 Å². The van der Waals surface area contributed by atoms with Crippen LogP contribution in [-0.4, -0.2) is 34.0 Å². The van der Waals surface area contributed by atoms with Gasteiger partial charge in [0.25, 0.3) is 0 Å². The second-order valence-corrected chi connectivity index (χ2v) is 5.35. The quantitative estimate of drug-likeness (QED) is 0.820. The number of carboxylic acid groups (broad SMARTS) is 1. The van der Waals surface area contributed by atoms with Crippen LogP contribution in [0.3, 0.4) is 0 Å². The third-order valence-corrected chi connectivity index (χ3v) is 4.25. The third kappa shape index (κ3) is 2.45. The van der Waals surface area contributed by atoms with Crippen molar-refractivity contribution in [3.05, 3.63) is 0 Å². The second kappa shape index (κ2) is 5.07. The number of hydrogen-bond donors (Lipinski definition) is 1. The van der Waals surface area contributed by atoms with Gasteiger partial charge in [-0.2, -0.15) is 0 Å². The summed E-state index contributed by atoms with van der Waals surface area (Å²) in [7, 11) is 0. The van der Waals surface area contributed by atoms with Crippen LogP contribution in [0.1, 0.15) is 47.0 Å². The van der Waals surface area contributed by atoms with Crippen LogP contribution in [0.5, 0.6) is 0 Å². The maximum absolute atomic E-state index is 12.3. The molecule has 3 unspecified atom stereocenters. The lowest BCUT2D eigenvalue weighted by Gasteiger charge is -2.34. The van der Waals surface area contributed by atoms with E-state index in [1.54, 1.807) is 11.8 Å². The average molecular weight is 241 g/mol. The number of nitrogens with zero attached hydrogens (tertiary/aromatic N) is 1. The Morgan fingerprint density at radius 2 is 2.00 bits per heavy atom. The van der Waals surface area contributed by atoms with Gasteiger partial charge in [-0.1, -0.05) is 27.2 Å². The monoisotopic (exact) mass is 241 g/mol. The molecule has 3 atom stereocenters. The van der Waals surface area contributed by atoms with Crippen LogP contribution >= 0.6 is 0 Å². The van der Waals surface area contributed by atoms with Gasteiger partial charge in [-0.15, -0.1) is 0 Å². The van der Waals surface area contributed by atoms with Crippen molar-refractivity contribution in [1.82, 2.24) is 4.90 Å². The first-order valence-corrected chi connectivity index (χ1v) is 6.39. The molecule has 0 saturated carbocycles. The number of hydrogen-bond acceptors (Lipinski definition) is 2. The van der Waals surface area contributed by atoms with Gasteiger partial charge in [0.1, 0.15) is 5.54 Å². The molecule has 4 nitrogen and oxygen atoms in total. The van der Waals surface area contributed by atoms with Crippen molar-refractivity contribution < 1.29 is 14.7 Å². The van der Waals surface area contributed by atoms with E-state index in [2.05, 4.69) is 6.92 Å². The van der Waals surface area contributed by atoms with Crippen molar-refractivity contribution in [3.63, 3.8) is 0 Å². The fourth-order valence-corrected chi connectivity index (χ4v) is 2.38. The van der Waals surface area contributed by atoms with E-state index in [0.29, 0.717) is 18.9 Å². The van der Waals surface area contributed by atoms with E-state index in [1.807, 2.05) is 13.8 Å². The van der Waals surface area contributed by atoms with Crippen LogP contribution in [-0.2, 0) is 9.59 Å². The molecule has 17 heavy (non-hydrogen) atoms. The minimum Gasteiger partial charge on any atom is -0.480 e. The molecule has 1 aliphatic rings. The summed E-state index contributed by atoms with van der Waals surface area (Å²) in [6.07, 6.45) is 2.27.